The summed E-state index contributed by atoms with van der Waals surface area (Å²) in [6, 6.07) is 0.422. The van der Waals surface area contributed by atoms with E-state index in [2.05, 4.69) is 35.6 Å². The fourth-order valence-electron chi connectivity index (χ4n) is 1.20. The van der Waals surface area contributed by atoms with Crippen LogP contribution in [0.25, 0.3) is 0 Å². The Morgan fingerprint density at radius 1 is 1.29 bits per heavy atom. The fourth-order valence-corrected chi connectivity index (χ4v) is 1.20. The van der Waals surface area contributed by atoms with E-state index in [1.807, 2.05) is 7.05 Å². The van der Waals surface area contributed by atoms with Gasteiger partial charge in [-0.15, -0.1) is 0 Å². The zero-order chi connectivity index (χ0) is 10.7. The molecule has 0 spiro atoms. The van der Waals surface area contributed by atoms with Crippen molar-refractivity contribution in [1.29, 1.82) is 0 Å². The Labute approximate surface area is 85.2 Å². The first-order chi connectivity index (χ1) is 6.52. The highest BCUT2D eigenvalue weighted by atomic mass is 15.2. The summed E-state index contributed by atoms with van der Waals surface area (Å²) in [5.74, 6) is 1.86. The molecule has 1 rings (SSSR count). The Balaban J connectivity index is 2.83. The first-order valence-corrected chi connectivity index (χ1v) is 4.82. The Morgan fingerprint density at radius 3 is 2.43 bits per heavy atom. The van der Waals surface area contributed by atoms with Gasteiger partial charge >= 0.3 is 0 Å². The quantitative estimate of drug-likeness (QED) is 0.793. The molecule has 1 aromatic heterocycles. The van der Waals surface area contributed by atoms with Gasteiger partial charge in [0.15, 0.2) is 0 Å². The lowest BCUT2D eigenvalue weighted by Gasteiger charge is -2.28. The van der Waals surface area contributed by atoms with Crippen molar-refractivity contribution < 1.29 is 0 Å². The molecule has 0 aliphatic heterocycles. The number of nitrogens with two attached hydrogens (primary N) is 1. The molecule has 1 unspecified atom stereocenters. The van der Waals surface area contributed by atoms with Gasteiger partial charge < -0.3 is 10.6 Å². The molecular weight excluding hydrogens is 176 g/mol. The summed E-state index contributed by atoms with van der Waals surface area (Å²) in [5, 5.41) is 0. The summed E-state index contributed by atoms with van der Waals surface area (Å²) in [7, 11) is 2.01. The van der Waals surface area contributed by atoms with Crippen LogP contribution in [0, 0.1) is 5.92 Å². The lowest BCUT2D eigenvalue weighted by molar-refractivity contribution is 0.502. The summed E-state index contributed by atoms with van der Waals surface area (Å²) in [4.78, 5) is 10.3. The average molecular weight is 194 g/mol. The van der Waals surface area contributed by atoms with Gasteiger partial charge in [0, 0.05) is 13.1 Å². The van der Waals surface area contributed by atoms with E-state index in [0.29, 0.717) is 17.8 Å². The predicted molar refractivity (Wildman–Crippen MR) is 59.1 cm³/mol. The molecule has 0 saturated carbocycles. The van der Waals surface area contributed by atoms with Crippen molar-refractivity contribution in [1.82, 2.24) is 9.97 Å². The third kappa shape index (κ3) is 2.34. The molecule has 0 aliphatic carbocycles. The minimum atomic E-state index is 0.422. The summed E-state index contributed by atoms with van der Waals surface area (Å²) in [6.45, 7) is 6.53. The van der Waals surface area contributed by atoms with Crippen molar-refractivity contribution in [3.05, 3.63) is 12.4 Å². The molecule has 0 saturated heterocycles. The number of rotatable bonds is 3. The smallest absolute Gasteiger partial charge is 0.149 e. The summed E-state index contributed by atoms with van der Waals surface area (Å²) in [5.41, 5.74) is 5.57. The van der Waals surface area contributed by atoms with Crippen molar-refractivity contribution in [3.8, 4) is 0 Å². The van der Waals surface area contributed by atoms with Gasteiger partial charge in [-0.1, -0.05) is 13.8 Å². The lowest BCUT2D eigenvalue weighted by Crippen LogP contribution is -2.33. The predicted octanol–water partition coefficient (Wildman–Crippen LogP) is 1.54. The molecule has 1 aromatic rings. The minimum Gasteiger partial charge on any atom is -0.382 e. The zero-order valence-corrected chi connectivity index (χ0v) is 9.23. The molecule has 1 atom stereocenters. The van der Waals surface area contributed by atoms with E-state index in [9.17, 15) is 0 Å². The van der Waals surface area contributed by atoms with Gasteiger partial charge in [0.1, 0.15) is 11.6 Å². The van der Waals surface area contributed by atoms with Crippen LogP contribution in [-0.2, 0) is 0 Å². The average Bonchev–Trinajstić information content (AvgIpc) is 2.15. The van der Waals surface area contributed by atoms with E-state index >= 15 is 0 Å². The largest absolute Gasteiger partial charge is 0.382 e. The Bertz CT molecular complexity index is 298. The molecule has 0 amide bonds. The maximum atomic E-state index is 5.57. The van der Waals surface area contributed by atoms with Crippen molar-refractivity contribution in [2.75, 3.05) is 17.7 Å². The Morgan fingerprint density at radius 2 is 1.93 bits per heavy atom. The van der Waals surface area contributed by atoms with Gasteiger partial charge in [-0.3, -0.25) is 4.98 Å². The van der Waals surface area contributed by atoms with Crippen LogP contribution in [0.2, 0.25) is 0 Å². The summed E-state index contributed by atoms with van der Waals surface area (Å²) >= 11 is 0. The van der Waals surface area contributed by atoms with Crippen LogP contribution in [0.5, 0.6) is 0 Å². The third-order valence-corrected chi connectivity index (χ3v) is 2.58. The first-order valence-electron chi connectivity index (χ1n) is 4.82. The number of hydrogen-bond donors (Lipinski definition) is 1. The Hall–Kier alpha value is -1.32. The van der Waals surface area contributed by atoms with Gasteiger partial charge in [0.05, 0.1) is 12.4 Å². The van der Waals surface area contributed by atoms with Crippen LogP contribution in [0.1, 0.15) is 20.8 Å². The summed E-state index contributed by atoms with van der Waals surface area (Å²) < 4.78 is 0. The van der Waals surface area contributed by atoms with Crippen molar-refractivity contribution in [3.63, 3.8) is 0 Å². The second-order valence-electron chi connectivity index (χ2n) is 3.90. The lowest BCUT2D eigenvalue weighted by atomic mass is 10.1. The zero-order valence-electron chi connectivity index (χ0n) is 9.23. The first kappa shape index (κ1) is 10.8. The van der Waals surface area contributed by atoms with E-state index in [-0.39, 0.29) is 0 Å². The number of aromatic nitrogens is 2. The van der Waals surface area contributed by atoms with Crippen LogP contribution in [0.15, 0.2) is 12.4 Å². The molecular formula is C10H18N4. The number of anilines is 2. The standard InChI is InChI=1S/C10H18N4/c1-7(2)8(3)14(4)10-6-12-5-9(11)13-10/h5-8H,1-4H3,(H2,11,13). The third-order valence-electron chi connectivity index (χ3n) is 2.58. The van der Waals surface area contributed by atoms with Crippen LogP contribution < -0.4 is 10.6 Å². The number of nitrogens with zero attached hydrogens (tertiary/aromatic N) is 3. The summed E-state index contributed by atoms with van der Waals surface area (Å²) in [6.07, 6.45) is 3.28. The highest BCUT2D eigenvalue weighted by Crippen LogP contribution is 2.16. The molecule has 4 heteroatoms. The second kappa shape index (κ2) is 4.26. The molecule has 4 nitrogen and oxygen atoms in total. The molecule has 0 aliphatic rings. The molecule has 2 N–H and O–H groups in total. The highest BCUT2D eigenvalue weighted by molar-refractivity contribution is 5.41. The molecule has 14 heavy (non-hydrogen) atoms. The highest BCUT2D eigenvalue weighted by Gasteiger charge is 2.14. The van der Waals surface area contributed by atoms with Gasteiger partial charge in [0.2, 0.25) is 0 Å². The Kier molecular flexibility index (Phi) is 3.28. The topological polar surface area (TPSA) is 55.0 Å². The van der Waals surface area contributed by atoms with Crippen LogP contribution in [-0.4, -0.2) is 23.1 Å². The monoisotopic (exact) mass is 194 g/mol. The normalized spacial score (nSPS) is 12.9. The molecule has 0 radical (unpaired) electrons. The van der Waals surface area contributed by atoms with E-state index in [1.54, 1.807) is 12.4 Å². The van der Waals surface area contributed by atoms with Crippen molar-refractivity contribution in [2.45, 2.75) is 26.8 Å². The number of nitrogen functional groups attached to an aromatic ring is 1. The van der Waals surface area contributed by atoms with Crippen molar-refractivity contribution in [2.24, 2.45) is 5.92 Å². The second-order valence-corrected chi connectivity index (χ2v) is 3.90. The van der Waals surface area contributed by atoms with Crippen molar-refractivity contribution >= 4 is 11.6 Å². The molecule has 0 fully saturated rings. The maximum Gasteiger partial charge on any atom is 0.149 e. The van der Waals surface area contributed by atoms with Gasteiger partial charge in [-0.2, -0.15) is 0 Å². The van der Waals surface area contributed by atoms with E-state index in [4.69, 9.17) is 5.73 Å². The minimum absolute atomic E-state index is 0.422. The fraction of sp³-hybridized carbons (Fsp3) is 0.600. The number of hydrogen-bond acceptors (Lipinski definition) is 4. The van der Waals surface area contributed by atoms with E-state index < -0.39 is 0 Å². The van der Waals surface area contributed by atoms with Gasteiger partial charge in [0.25, 0.3) is 0 Å². The van der Waals surface area contributed by atoms with E-state index in [0.717, 1.165) is 5.82 Å². The maximum absolute atomic E-state index is 5.57. The van der Waals surface area contributed by atoms with Gasteiger partial charge in [-0.05, 0) is 12.8 Å². The SMILES string of the molecule is CC(C)C(C)N(C)c1cncc(N)n1. The van der Waals surface area contributed by atoms with E-state index in [1.165, 1.54) is 0 Å². The molecule has 0 bridgehead atoms. The van der Waals surface area contributed by atoms with Crippen LogP contribution in [0.3, 0.4) is 0 Å². The molecule has 78 valence electrons. The van der Waals surface area contributed by atoms with Crippen LogP contribution in [0.4, 0.5) is 11.6 Å². The van der Waals surface area contributed by atoms with Gasteiger partial charge in [-0.25, -0.2) is 4.98 Å². The molecule has 0 aromatic carbocycles. The molecule has 1 heterocycles. The van der Waals surface area contributed by atoms with Crippen LogP contribution >= 0.6 is 0 Å².